The van der Waals surface area contributed by atoms with Crippen molar-refractivity contribution in [1.29, 1.82) is 5.26 Å². The van der Waals surface area contributed by atoms with Gasteiger partial charge in [-0.25, -0.2) is 4.98 Å². The number of aryl methyl sites for hydroxylation is 2. The predicted molar refractivity (Wildman–Crippen MR) is 128 cm³/mol. The zero-order valence-corrected chi connectivity index (χ0v) is 18.2. The molecule has 0 spiro atoms. The third-order valence-electron chi connectivity index (χ3n) is 6.35. The molecule has 5 aromatic rings. The molecular weight excluding hydrogens is 416 g/mol. The average Bonchev–Trinajstić information content (AvgIpc) is 3.38. The van der Waals surface area contributed by atoms with Gasteiger partial charge >= 0.3 is 0 Å². The van der Waals surface area contributed by atoms with Crippen LogP contribution in [-0.4, -0.2) is 14.5 Å². The van der Waals surface area contributed by atoms with Crippen molar-refractivity contribution in [1.82, 2.24) is 14.5 Å². The van der Waals surface area contributed by atoms with Gasteiger partial charge in [-0.05, 0) is 48.9 Å². The molecule has 0 bridgehead atoms. The Morgan fingerprint density at radius 2 is 1.91 bits per heavy atom. The van der Waals surface area contributed by atoms with Gasteiger partial charge in [-0.15, -0.1) is 11.3 Å². The molecule has 1 aliphatic rings. The number of fused-ring (bicyclic) bond motifs is 4. The first kappa shape index (κ1) is 19.0. The van der Waals surface area contributed by atoms with Crippen LogP contribution in [0.4, 0.5) is 0 Å². The third-order valence-corrected chi connectivity index (χ3v) is 7.53. The number of hydrogen-bond donors (Lipinski definition) is 1. The van der Waals surface area contributed by atoms with Crippen LogP contribution in [-0.2, 0) is 19.4 Å². The van der Waals surface area contributed by atoms with E-state index in [2.05, 4.69) is 27.8 Å². The predicted octanol–water partition coefficient (Wildman–Crippen LogP) is 5.41. The second-order valence-electron chi connectivity index (χ2n) is 8.26. The normalized spacial score (nSPS) is 13.3. The molecule has 0 unspecified atom stereocenters. The van der Waals surface area contributed by atoms with E-state index in [9.17, 15) is 10.1 Å². The maximum atomic E-state index is 13.1. The second-order valence-corrected chi connectivity index (χ2v) is 9.35. The molecule has 0 saturated carbocycles. The molecule has 0 fully saturated rings. The second kappa shape index (κ2) is 7.47. The molecule has 0 radical (unpaired) electrons. The van der Waals surface area contributed by atoms with Crippen LogP contribution < -0.4 is 5.56 Å². The molecule has 0 aliphatic heterocycles. The largest absolute Gasteiger partial charge is 0.342 e. The Hall–Kier alpha value is -3.69. The Kier molecular flexibility index (Phi) is 4.44. The Balaban J connectivity index is 1.52. The van der Waals surface area contributed by atoms with Crippen LogP contribution in [0.25, 0.3) is 32.5 Å². The summed E-state index contributed by atoms with van der Waals surface area (Å²) >= 11 is 1.67. The van der Waals surface area contributed by atoms with Crippen LogP contribution in [0.2, 0.25) is 0 Å². The standard InChI is InChI=1S/C26H20N4OS/c27-13-16-7-1-2-8-17(16)14-30-15-20(18-9-3-5-11-21(18)30)24-28-25(31)23-19-10-4-6-12-22(19)32-26(23)29-24/h1-3,5,7-9,11,15H,4,6,10,12,14H2,(H,28,29,31). The van der Waals surface area contributed by atoms with Gasteiger partial charge in [0.2, 0.25) is 0 Å². The van der Waals surface area contributed by atoms with Gasteiger partial charge in [0.05, 0.1) is 17.0 Å². The van der Waals surface area contributed by atoms with Crippen LogP contribution >= 0.6 is 11.3 Å². The first-order chi connectivity index (χ1) is 15.7. The Morgan fingerprint density at radius 1 is 1.09 bits per heavy atom. The topological polar surface area (TPSA) is 74.5 Å². The van der Waals surface area contributed by atoms with Crippen LogP contribution in [0.5, 0.6) is 0 Å². The van der Waals surface area contributed by atoms with Gasteiger partial charge in [0.25, 0.3) is 5.56 Å². The third kappa shape index (κ3) is 2.97. The number of H-pyrrole nitrogens is 1. The van der Waals surface area contributed by atoms with E-state index in [1.807, 2.05) is 42.6 Å². The van der Waals surface area contributed by atoms with Crippen molar-refractivity contribution < 1.29 is 0 Å². The van der Waals surface area contributed by atoms with Gasteiger partial charge in [-0.3, -0.25) is 4.79 Å². The van der Waals surface area contributed by atoms with Crippen molar-refractivity contribution >= 4 is 32.5 Å². The molecule has 156 valence electrons. The van der Waals surface area contributed by atoms with Crippen LogP contribution in [0.3, 0.4) is 0 Å². The van der Waals surface area contributed by atoms with Crippen molar-refractivity contribution in [2.24, 2.45) is 0 Å². The highest BCUT2D eigenvalue weighted by atomic mass is 32.1. The van der Waals surface area contributed by atoms with Crippen molar-refractivity contribution in [3.63, 3.8) is 0 Å². The number of nitriles is 1. The minimum absolute atomic E-state index is 0.0453. The van der Waals surface area contributed by atoms with Crippen molar-refractivity contribution in [2.45, 2.75) is 32.2 Å². The van der Waals surface area contributed by atoms with E-state index in [-0.39, 0.29) is 5.56 Å². The Bertz CT molecular complexity index is 1600. The van der Waals surface area contributed by atoms with Gasteiger partial charge in [0.15, 0.2) is 0 Å². The lowest BCUT2D eigenvalue weighted by Crippen LogP contribution is -2.11. The first-order valence-corrected chi connectivity index (χ1v) is 11.7. The highest BCUT2D eigenvalue weighted by molar-refractivity contribution is 7.18. The fraction of sp³-hybridized carbons (Fsp3) is 0.192. The highest BCUT2D eigenvalue weighted by Crippen LogP contribution is 2.35. The quantitative estimate of drug-likeness (QED) is 0.411. The summed E-state index contributed by atoms with van der Waals surface area (Å²) in [6, 6.07) is 18.1. The van der Waals surface area contributed by atoms with Crippen LogP contribution in [0, 0.1) is 11.3 Å². The molecule has 32 heavy (non-hydrogen) atoms. The molecule has 0 saturated heterocycles. The lowest BCUT2D eigenvalue weighted by atomic mass is 9.97. The molecule has 6 heteroatoms. The zero-order valence-electron chi connectivity index (χ0n) is 17.4. The van der Waals surface area contributed by atoms with Gasteiger partial charge in [0, 0.05) is 34.1 Å². The number of hydrogen-bond acceptors (Lipinski definition) is 4. The lowest BCUT2D eigenvalue weighted by molar-refractivity contribution is 0.700. The number of aromatic nitrogens is 3. The van der Waals surface area contributed by atoms with E-state index in [0.717, 1.165) is 51.5 Å². The summed E-state index contributed by atoms with van der Waals surface area (Å²) in [7, 11) is 0. The number of rotatable bonds is 3. The fourth-order valence-corrected chi connectivity index (χ4v) is 6.07. The molecule has 1 aliphatic carbocycles. The number of para-hydroxylation sites is 1. The molecule has 3 aromatic heterocycles. The van der Waals surface area contributed by atoms with Crippen LogP contribution in [0.15, 0.2) is 59.5 Å². The molecule has 2 aromatic carbocycles. The van der Waals surface area contributed by atoms with E-state index in [1.54, 1.807) is 11.3 Å². The number of aromatic amines is 1. The van der Waals surface area contributed by atoms with E-state index in [4.69, 9.17) is 4.98 Å². The smallest absolute Gasteiger partial charge is 0.260 e. The van der Waals surface area contributed by atoms with E-state index in [1.165, 1.54) is 16.9 Å². The molecule has 5 nitrogen and oxygen atoms in total. The number of nitrogens with one attached hydrogen (secondary N) is 1. The molecule has 3 heterocycles. The first-order valence-electron chi connectivity index (χ1n) is 10.8. The fourth-order valence-electron chi connectivity index (χ4n) is 4.81. The molecular formula is C26H20N4OS. The summed E-state index contributed by atoms with van der Waals surface area (Å²) in [6.07, 6.45) is 6.37. The SMILES string of the molecule is N#Cc1ccccc1Cn1cc(-c2nc3sc4c(c3c(=O)[nH]2)CCCC4)c2ccccc21. The number of thiophene rings is 1. The summed E-state index contributed by atoms with van der Waals surface area (Å²) in [5.41, 5.74) is 4.74. The van der Waals surface area contributed by atoms with E-state index < -0.39 is 0 Å². The summed E-state index contributed by atoms with van der Waals surface area (Å²) in [4.78, 5) is 23.2. The monoisotopic (exact) mass is 436 g/mol. The maximum Gasteiger partial charge on any atom is 0.260 e. The summed E-state index contributed by atoms with van der Waals surface area (Å²) in [5, 5.41) is 11.3. The van der Waals surface area contributed by atoms with Crippen LogP contribution in [0.1, 0.15) is 34.4 Å². The summed E-state index contributed by atoms with van der Waals surface area (Å²) in [5.74, 6) is 0.601. The molecule has 6 rings (SSSR count). The van der Waals surface area contributed by atoms with Gasteiger partial charge in [-0.1, -0.05) is 36.4 Å². The van der Waals surface area contributed by atoms with Gasteiger partial charge in [-0.2, -0.15) is 5.26 Å². The van der Waals surface area contributed by atoms with Gasteiger partial charge in [0.1, 0.15) is 10.7 Å². The van der Waals surface area contributed by atoms with Crippen molar-refractivity contribution in [2.75, 3.05) is 0 Å². The molecule has 0 atom stereocenters. The Labute approximate surface area is 188 Å². The minimum atomic E-state index is -0.0453. The number of nitrogens with zero attached hydrogens (tertiary/aromatic N) is 3. The van der Waals surface area contributed by atoms with Crippen molar-refractivity contribution in [3.05, 3.63) is 86.6 Å². The lowest BCUT2D eigenvalue weighted by Gasteiger charge is -2.09. The van der Waals surface area contributed by atoms with E-state index in [0.29, 0.717) is 17.9 Å². The minimum Gasteiger partial charge on any atom is -0.342 e. The van der Waals surface area contributed by atoms with Crippen molar-refractivity contribution in [3.8, 4) is 17.5 Å². The zero-order chi connectivity index (χ0) is 21.7. The molecule has 0 amide bonds. The Morgan fingerprint density at radius 3 is 2.81 bits per heavy atom. The summed E-state index contributed by atoms with van der Waals surface area (Å²) < 4.78 is 2.13. The van der Waals surface area contributed by atoms with E-state index >= 15 is 0 Å². The highest BCUT2D eigenvalue weighted by Gasteiger charge is 2.21. The maximum absolute atomic E-state index is 13.1. The van der Waals surface area contributed by atoms with Gasteiger partial charge < -0.3 is 9.55 Å². The number of benzene rings is 2. The molecule has 1 N–H and O–H groups in total. The summed E-state index contributed by atoms with van der Waals surface area (Å²) in [6.45, 7) is 0.573. The average molecular weight is 437 g/mol.